The van der Waals surface area contributed by atoms with E-state index in [0.29, 0.717) is 38.6 Å². The minimum Gasteiger partial charge on any atom is -1.00 e. The molecule has 1 saturated heterocycles. The maximum absolute atomic E-state index is 13.8. The van der Waals surface area contributed by atoms with E-state index in [-0.39, 0.29) is 29.6 Å². The van der Waals surface area contributed by atoms with E-state index in [9.17, 15) is 8.78 Å². The third-order valence-electron chi connectivity index (χ3n) is 3.30. The molecule has 25 heavy (non-hydrogen) atoms. The molecule has 0 aliphatic carbocycles. The van der Waals surface area contributed by atoms with Gasteiger partial charge in [-0.15, -0.1) is 0 Å². The molecule has 1 aliphatic heterocycles. The Morgan fingerprint density at radius 2 is 1.96 bits per heavy atom. The zero-order valence-corrected chi connectivity index (χ0v) is 15.5. The number of benzene rings is 1. The predicted octanol–water partition coefficient (Wildman–Crippen LogP) is 1.19. The Morgan fingerprint density at radius 3 is 2.48 bits per heavy atom. The number of halogens is 5. The summed E-state index contributed by atoms with van der Waals surface area (Å²) in [7, 11) is 0. The molecule has 0 spiro atoms. The van der Waals surface area contributed by atoms with Gasteiger partial charge in [0.2, 0.25) is 16.0 Å². The Hall–Kier alpha value is -1.27. The van der Waals surface area contributed by atoms with Gasteiger partial charge >= 0.3 is 11.8 Å². The topological polar surface area (TPSA) is 59.1 Å². The fourth-order valence-corrected chi connectivity index (χ4v) is 2.30. The van der Waals surface area contributed by atoms with E-state index < -0.39 is 10.9 Å². The largest absolute Gasteiger partial charge is 1.00 e. The van der Waals surface area contributed by atoms with Gasteiger partial charge in [0.1, 0.15) is 0 Å². The van der Waals surface area contributed by atoms with Crippen molar-refractivity contribution in [3.63, 3.8) is 0 Å². The Kier molecular flexibility index (Phi) is 8.22. The van der Waals surface area contributed by atoms with Crippen molar-refractivity contribution in [3.8, 4) is 11.5 Å². The lowest BCUT2D eigenvalue weighted by Gasteiger charge is -2.31. The fourth-order valence-electron chi connectivity index (χ4n) is 2.21. The van der Waals surface area contributed by atoms with Crippen molar-refractivity contribution in [2.45, 2.75) is 17.9 Å². The molecule has 0 aromatic heterocycles. The Bertz CT molecular complexity index is 623. The maximum atomic E-state index is 13.8. The molecule has 140 valence electrons. The lowest BCUT2D eigenvalue weighted by Crippen LogP contribution is -3.00. The SMILES string of the molecule is CCOc1cc(N2CCOCC2)c(OC(F)(F)C(Cl)Cl)cc1[N+]#N.[Cl-]. The van der Waals surface area contributed by atoms with Crippen molar-refractivity contribution in [1.82, 2.24) is 0 Å². The summed E-state index contributed by atoms with van der Waals surface area (Å²) in [5.41, 5.74) is 0.308. The van der Waals surface area contributed by atoms with Gasteiger partial charge in [0.05, 0.1) is 31.6 Å². The first-order valence-electron chi connectivity index (χ1n) is 7.22. The van der Waals surface area contributed by atoms with Gasteiger partial charge in [-0.1, -0.05) is 23.2 Å². The van der Waals surface area contributed by atoms with Crippen LogP contribution >= 0.6 is 23.2 Å². The van der Waals surface area contributed by atoms with Crippen LogP contribution in [0.4, 0.5) is 20.2 Å². The summed E-state index contributed by atoms with van der Waals surface area (Å²) >= 11 is 10.5. The van der Waals surface area contributed by atoms with Crippen LogP contribution in [0.15, 0.2) is 12.1 Å². The zero-order chi connectivity index (χ0) is 17.7. The van der Waals surface area contributed by atoms with Crippen LogP contribution in [0, 0.1) is 5.39 Å². The summed E-state index contributed by atoms with van der Waals surface area (Å²) in [5.74, 6) is 0.0231. The lowest BCUT2D eigenvalue weighted by molar-refractivity contribution is -0.163. The second kappa shape index (κ2) is 9.43. The molecule has 2 rings (SSSR count). The highest BCUT2D eigenvalue weighted by atomic mass is 35.5. The highest BCUT2D eigenvalue weighted by Crippen LogP contribution is 2.43. The standard InChI is InChI=1S/C14H16Cl2F2N3O3.ClH/c1-2-23-11-8-10(21-3-5-22-6-4-21)12(7-9(11)20-19)24-14(17,18)13(15)16;/h7-8,13H,2-6H2,1H3;1H/q+1;/p-1. The van der Waals surface area contributed by atoms with Crippen molar-refractivity contribution in [2.24, 2.45) is 0 Å². The van der Waals surface area contributed by atoms with Crippen LogP contribution in [0.25, 0.3) is 4.98 Å². The van der Waals surface area contributed by atoms with Gasteiger partial charge in [-0.3, -0.25) is 0 Å². The fraction of sp³-hybridized carbons (Fsp3) is 0.571. The summed E-state index contributed by atoms with van der Waals surface area (Å²) in [4.78, 5) is 2.79. The third-order valence-corrected chi connectivity index (χ3v) is 3.81. The van der Waals surface area contributed by atoms with Crippen LogP contribution in [0.2, 0.25) is 0 Å². The monoisotopic (exact) mass is 417 g/mol. The first kappa shape index (κ1) is 21.8. The van der Waals surface area contributed by atoms with Gasteiger partial charge < -0.3 is 31.5 Å². The van der Waals surface area contributed by atoms with E-state index in [2.05, 4.69) is 4.98 Å². The average Bonchev–Trinajstić information content (AvgIpc) is 2.56. The number of morpholine rings is 1. The average molecular weight is 419 g/mol. The van der Waals surface area contributed by atoms with E-state index >= 15 is 0 Å². The molecule has 6 nitrogen and oxygen atoms in total. The number of nitrogens with zero attached hydrogens (tertiary/aromatic N) is 3. The minimum absolute atomic E-state index is 0. The summed E-state index contributed by atoms with van der Waals surface area (Å²) in [6.07, 6.45) is -3.82. The molecule has 0 saturated carbocycles. The third kappa shape index (κ3) is 5.35. The molecular weight excluding hydrogens is 403 g/mol. The summed E-state index contributed by atoms with van der Waals surface area (Å²) < 4.78 is 43.0. The van der Waals surface area contributed by atoms with Crippen LogP contribution in [0.1, 0.15) is 6.92 Å². The first-order valence-corrected chi connectivity index (χ1v) is 8.10. The normalized spacial score (nSPS) is 14.7. The number of rotatable bonds is 6. The van der Waals surface area contributed by atoms with Gasteiger partial charge in [-0.25, -0.2) is 0 Å². The molecule has 0 N–H and O–H groups in total. The summed E-state index contributed by atoms with van der Waals surface area (Å²) in [6, 6.07) is 2.63. The second-order valence-corrected chi connectivity index (χ2v) is 5.98. The van der Waals surface area contributed by atoms with E-state index in [0.717, 1.165) is 6.07 Å². The van der Waals surface area contributed by atoms with Crippen LogP contribution in [0.5, 0.6) is 11.5 Å². The van der Waals surface area contributed by atoms with Crippen LogP contribution in [-0.2, 0) is 4.74 Å². The van der Waals surface area contributed by atoms with Crippen LogP contribution < -0.4 is 26.8 Å². The van der Waals surface area contributed by atoms with E-state index in [1.165, 1.54) is 6.07 Å². The summed E-state index contributed by atoms with van der Waals surface area (Å²) in [6.45, 7) is 3.91. The molecule has 0 radical (unpaired) electrons. The second-order valence-electron chi connectivity index (χ2n) is 4.88. The molecule has 0 atom stereocenters. The molecule has 0 bridgehead atoms. The molecule has 1 aromatic carbocycles. The van der Waals surface area contributed by atoms with Crippen molar-refractivity contribution in [3.05, 3.63) is 17.1 Å². The Balaban J connectivity index is 0.00000312. The first-order chi connectivity index (χ1) is 11.4. The van der Waals surface area contributed by atoms with E-state index in [1.807, 2.05) is 0 Å². The van der Waals surface area contributed by atoms with Gasteiger partial charge in [-0.2, -0.15) is 8.78 Å². The van der Waals surface area contributed by atoms with Crippen LogP contribution in [-0.4, -0.2) is 43.9 Å². The zero-order valence-electron chi connectivity index (χ0n) is 13.2. The molecular formula is C14H16Cl3F2N3O3. The molecule has 1 fully saturated rings. The quantitative estimate of drug-likeness (QED) is 0.513. The Labute approximate surface area is 159 Å². The lowest BCUT2D eigenvalue weighted by atomic mass is 10.2. The molecule has 1 aliphatic rings. The van der Waals surface area contributed by atoms with E-state index in [1.54, 1.807) is 11.8 Å². The van der Waals surface area contributed by atoms with Crippen molar-refractivity contribution in [2.75, 3.05) is 37.8 Å². The van der Waals surface area contributed by atoms with Gasteiger partial charge in [0.25, 0.3) is 0 Å². The van der Waals surface area contributed by atoms with Gasteiger partial charge in [0, 0.05) is 19.2 Å². The van der Waals surface area contributed by atoms with Gasteiger partial charge in [0.15, 0.2) is 10.7 Å². The number of diazo groups is 1. The number of anilines is 1. The Morgan fingerprint density at radius 1 is 1.32 bits per heavy atom. The number of hydrogen-bond donors (Lipinski definition) is 0. The predicted molar refractivity (Wildman–Crippen MR) is 86.5 cm³/mol. The van der Waals surface area contributed by atoms with Crippen molar-refractivity contribution in [1.29, 1.82) is 5.39 Å². The number of alkyl halides is 4. The van der Waals surface area contributed by atoms with Crippen LogP contribution in [0.3, 0.4) is 0 Å². The number of hydrogen-bond acceptors (Lipinski definition) is 5. The molecule has 0 amide bonds. The van der Waals surface area contributed by atoms with Crippen molar-refractivity contribution < 1.29 is 35.4 Å². The molecule has 1 heterocycles. The highest BCUT2D eigenvalue weighted by Gasteiger charge is 2.42. The highest BCUT2D eigenvalue weighted by molar-refractivity contribution is 6.44. The smallest absolute Gasteiger partial charge is 0.430 e. The summed E-state index contributed by atoms with van der Waals surface area (Å²) in [5, 5.41) is 9.09. The minimum atomic E-state index is -3.82. The van der Waals surface area contributed by atoms with Gasteiger partial charge in [-0.05, 0) is 6.92 Å². The number of ether oxygens (including phenoxy) is 3. The van der Waals surface area contributed by atoms with E-state index in [4.69, 9.17) is 42.8 Å². The molecule has 0 unspecified atom stereocenters. The molecule has 11 heteroatoms. The van der Waals surface area contributed by atoms with Crippen molar-refractivity contribution >= 4 is 34.6 Å². The maximum Gasteiger partial charge on any atom is 0.430 e. The molecule has 1 aromatic rings.